The summed E-state index contributed by atoms with van der Waals surface area (Å²) in [6.07, 6.45) is 1.75. The van der Waals surface area contributed by atoms with Gasteiger partial charge in [-0.15, -0.1) is 6.58 Å². The Hall–Kier alpha value is -2.70. The van der Waals surface area contributed by atoms with Crippen molar-refractivity contribution in [2.24, 2.45) is 0 Å². The lowest BCUT2D eigenvalue weighted by molar-refractivity contribution is -0.145. The maximum atomic E-state index is 13.3. The number of rotatable bonds is 8. The number of methoxy groups -OCH3 is 1. The van der Waals surface area contributed by atoms with Crippen LogP contribution in [0.3, 0.4) is 0 Å². The number of hydrogen-bond acceptors (Lipinski definition) is 4. The first-order valence-electron chi connectivity index (χ1n) is 7.38. The van der Waals surface area contributed by atoms with Crippen molar-refractivity contribution in [3.63, 3.8) is 0 Å². The highest BCUT2D eigenvalue weighted by Crippen LogP contribution is 2.08. The smallest absolute Gasteiger partial charge is 0.328 e. The van der Waals surface area contributed by atoms with Gasteiger partial charge in [-0.05, 0) is 24.1 Å². The molecule has 1 aromatic carbocycles. The second kappa shape index (κ2) is 9.44. The lowest BCUT2D eigenvalue weighted by Gasteiger charge is -2.21. The zero-order chi connectivity index (χ0) is 18.1. The number of carbonyl (C=O) groups is 3. The molecular weight excluding hydrogens is 315 g/mol. The summed E-state index contributed by atoms with van der Waals surface area (Å²) in [5.41, 5.74) is 0.544. The second-order valence-electron chi connectivity index (χ2n) is 5.20. The molecule has 1 rings (SSSR count). The number of esters is 1. The number of carbonyl (C=O) groups excluding carboxylic acids is 3. The van der Waals surface area contributed by atoms with E-state index in [0.29, 0.717) is 5.56 Å². The van der Waals surface area contributed by atoms with Crippen LogP contribution in [-0.2, 0) is 25.5 Å². The molecule has 0 aromatic heterocycles. The molecule has 0 spiro atoms. The SMILES string of the molecule is C=CC[C@H](NC(=O)[C@@H](Cc1cccc(F)c1)NC(C)=O)C(=O)OC. The van der Waals surface area contributed by atoms with E-state index in [-0.39, 0.29) is 12.8 Å². The fourth-order valence-electron chi connectivity index (χ4n) is 2.15. The van der Waals surface area contributed by atoms with E-state index in [1.54, 1.807) is 6.07 Å². The topological polar surface area (TPSA) is 84.5 Å². The fourth-order valence-corrected chi connectivity index (χ4v) is 2.15. The van der Waals surface area contributed by atoms with Crippen molar-refractivity contribution in [1.29, 1.82) is 0 Å². The van der Waals surface area contributed by atoms with Gasteiger partial charge in [-0.3, -0.25) is 9.59 Å². The summed E-state index contributed by atoms with van der Waals surface area (Å²) in [5, 5.41) is 5.02. The van der Waals surface area contributed by atoms with Crippen LogP contribution in [-0.4, -0.2) is 37.0 Å². The first-order chi connectivity index (χ1) is 11.4. The van der Waals surface area contributed by atoms with Crippen LogP contribution in [0.4, 0.5) is 4.39 Å². The summed E-state index contributed by atoms with van der Waals surface area (Å²) >= 11 is 0. The normalized spacial score (nSPS) is 12.6. The Labute approximate surface area is 140 Å². The zero-order valence-corrected chi connectivity index (χ0v) is 13.7. The molecule has 0 saturated carbocycles. The third kappa shape index (κ3) is 6.20. The summed E-state index contributed by atoms with van der Waals surface area (Å²) in [4.78, 5) is 35.4. The van der Waals surface area contributed by atoms with Crippen molar-refractivity contribution in [1.82, 2.24) is 10.6 Å². The summed E-state index contributed by atoms with van der Waals surface area (Å²) in [6, 6.07) is 3.89. The molecule has 0 saturated heterocycles. The van der Waals surface area contributed by atoms with E-state index >= 15 is 0 Å². The van der Waals surface area contributed by atoms with Gasteiger partial charge < -0.3 is 15.4 Å². The largest absolute Gasteiger partial charge is 0.467 e. The first-order valence-corrected chi connectivity index (χ1v) is 7.38. The Balaban J connectivity index is 2.89. The highest BCUT2D eigenvalue weighted by molar-refractivity contribution is 5.90. The monoisotopic (exact) mass is 336 g/mol. The summed E-state index contributed by atoms with van der Waals surface area (Å²) in [5.74, 6) is -2.03. The molecule has 0 bridgehead atoms. The third-order valence-corrected chi connectivity index (χ3v) is 3.23. The summed E-state index contributed by atoms with van der Waals surface area (Å²) < 4.78 is 17.9. The van der Waals surface area contributed by atoms with Crippen LogP contribution in [0, 0.1) is 5.82 Å². The van der Waals surface area contributed by atoms with Gasteiger partial charge in [-0.1, -0.05) is 18.2 Å². The molecule has 2 N–H and O–H groups in total. The molecule has 0 radical (unpaired) electrons. The van der Waals surface area contributed by atoms with Crippen LogP contribution in [0.15, 0.2) is 36.9 Å². The minimum absolute atomic E-state index is 0.0884. The average Bonchev–Trinajstić information content (AvgIpc) is 2.52. The van der Waals surface area contributed by atoms with E-state index in [0.717, 1.165) is 0 Å². The Morgan fingerprint density at radius 1 is 1.29 bits per heavy atom. The van der Waals surface area contributed by atoms with Gasteiger partial charge in [0.25, 0.3) is 0 Å². The summed E-state index contributed by atoms with van der Waals surface area (Å²) in [7, 11) is 1.21. The van der Waals surface area contributed by atoms with Gasteiger partial charge in [0.1, 0.15) is 17.9 Å². The van der Waals surface area contributed by atoms with Crippen molar-refractivity contribution >= 4 is 17.8 Å². The van der Waals surface area contributed by atoms with Crippen LogP contribution >= 0.6 is 0 Å². The number of benzene rings is 1. The van der Waals surface area contributed by atoms with Gasteiger partial charge in [0, 0.05) is 13.3 Å². The van der Waals surface area contributed by atoms with Gasteiger partial charge >= 0.3 is 5.97 Å². The molecule has 6 nitrogen and oxygen atoms in total. The van der Waals surface area contributed by atoms with E-state index in [9.17, 15) is 18.8 Å². The van der Waals surface area contributed by atoms with Gasteiger partial charge in [0.2, 0.25) is 11.8 Å². The van der Waals surface area contributed by atoms with Crippen molar-refractivity contribution in [3.05, 3.63) is 48.3 Å². The predicted octanol–water partition coefficient (Wildman–Crippen LogP) is 1.11. The molecule has 0 unspecified atom stereocenters. The van der Waals surface area contributed by atoms with Gasteiger partial charge in [-0.2, -0.15) is 0 Å². The molecule has 130 valence electrons. The van der Waals surface area contributed by atoms with Crippen LogP contribution in [0.25, 0.3) is 0 Å². The second-order valence-corrected chi connectivity index (χ2v) is 5.20. The highest BCUT2D eigenvalue weighted by atomic mass is 19.1. The minimum Gasteiger partial charge on any atom is -0.467 e. The molecule has 0 heterocycles. The van der Waals surface area contributed by atoms with Crippen LogP contribution < -0.4 is 10.6 Å². The molecule has 0 aliphatic rings. The Morgan fingerprint density at radius 2 is 2.00 bits per heavy atom. The predicted molar refractivity (Wildman–Crippen MR) is 86.5 cm³/mol. The molecule has 0 aliphatic heterocycles. The van der Waals surface area contributed by atoms with E-state index in [1.807, 2.05) is 0 Å². The van der Waals surface area contributed by atoms with Gasteiger partial charge in [-0.25, -0.2) is 9.18 Å². The van der Waals surface area contributed by atoms with Crippen molar-refractivity contribution in [3.8, 4) is 0 Å². The summed E-state index contributed by atoms with van der Waals surface area (Å²) in [6.45, 7) is 4.80. The zero-order valence-electron chi connectivity index (χ0n) is 13.7. The number of amides is 2. The Morgan fingerprint density at radius 3 is 2.54 bits per heavy atom. The highest BCUT2D eigenvalue weighted by Gasteiger charge is 2.26. The minimum atomic E-state index is -0.943. The molecule has 1 aromatic rings. The third-order valence-electron chi connectivity index (χ3n) is 3.23. The number of hydrogen-bond donors (Lipinski definition) is 2. The van der Waals surface area contributed by atoms with E-state index in [4.69, 9.17) is 0 Å². The number of nitrogens with one attached hydrogen (secondary N) is 2. The Kier molecular flexibility index (Phi) is 7.61. The molecule has 0 aliphatic carbocycles. The molecular formula is C17H21FN2O4. The molecule has 2 atom stereocenters. The number of halogens is 1. The Bertz CT molecular complexity index is 618. The standard InChI is InChI=1S/C17H21FN2O4/c1-4-6-14(17(23)24-3)20-16(22)15(19-11(2)21)10-12-7-5-8-13(18)9-12/h4-5,7-9,14-15H,1,6,10H2,2-3H3,(H,19,21)(H,20,22)/t14-,15+/m0/s1. The lowest BCUT2D eigenvalue weighted by atomic mass is 10.0. The maximum absolute atomic E-state index is 13.3. The molecule has 0 fully saturated rings. The molecule has 2 amide bonds. The van der Waals surface area contributed by atoms with Crippen molar-refractivity contribution < 1.29 is 23.5 Å². The number of ether oxygens (including phenoxy) is 1. The fraction of sp³-hybridized carbons (Fsp3) is 0.353. The van der Waals surface area contributed by atoms with Crippen molar-refractivity contribution in [2.75, 3.05) is 7.11 Å². The van der Waals surface area contributed by atoms with Crippen LogP contribution in [0.5, 0.6) is 0 Å². The average molecular weight is 336 g/mol. The maximum Gasteiger partial charge on any atom is 0.328 e. The van der Waals surface area contributed by atoms with Gasteiger partial charge in [0.15, 0.2) is 0 Å². The van der Waals surface area contributed by atoms with Crippen LogP contribution in [0.1, 0.15) is 18.9 Å². The molecule has 24 heavy (non-hydrogen) atoms. The van der Waals surface area contributed by atoms with Crippen molar-refractivity contribution in [2.45, 2.75) is 31.8 Å². The van der Waals surface area contributed by atoms with Crippen LogP contribution in [0.2, 0.25) is 0 Å². The van der Waals surface area contributed by atoms with Gasteiger partial charge in [0.05, 0.1) is 7.11 Å². The first kappa shape index (κ1) is 19.3. The quantitative estimate of drug-likeness (QED) is 0.550. The van der Waals surface area contributed by atoms with E-state index in [1.165, 1.54) is 38.3 Å². The molecule has 7 heteroatoms. The van der Waals surface area contributed by atoms with E-state index < -0.39 is 35.7 Å². The van der Waals surface area contributed by atoms with E-state index in [2.05, 4.69) is 21.9 Å². The lowest BCUT2D eigenvalue weighted by Crippen LogP contribution is -2.52.